The number of hydrogen-bond donors (Lipinski definition) is 2. The Balaban J connectivity index is 1.32. The lowest BCUT2D eigenvalue weighted by Crippen LogP contribution is -2.48. The number of aromatic nitrogens is 1. The first kappa shape index (κ1) is 30.2. The van der Waals surface area contributed by atoms with E-state index in [9.17, 15) is 14.0 Å². The van der Waals surface area contributed by atoms with Gasteiger partial charge in [-0.2, -0.15) is 5.10 Å². The van der Waals surface area contributed by atoms with E-state index < -0.39 is 17.9 Å². The Hall–Kier alpha value is -5.24. The Morgan fingerprint density at radius 2 is 1.55 bits per heavy atom. The second kappa shape index (κ2) is 13.8. The average Bonchev–Trinajstić information content (AvgIpc) is 3.28. The van der Waals surface area contributed by atoms with Gasteiger partial charge in [0.15, 0.2) is 6.61 Å². The minimum absolute atomic E-state index is 0.222. The maximum atomic E-state index is 13.5. The first-order valence-corrected chi connectivity index (χ1v) is 14.5. The summed E-state index contributed by atoms with van der Waals surface area (Å²) < 4.78 is 21.4. The molecule has 0 radical (unpaired) electrons. The molecule has 8 heteroatoms. The Kier molecular flexibility index (Phi) is 9.49. The summed E-state index contributed by atoms with van der Waals surface area (Å²) in [5, 5.41) is 8.09. The summed E-state index contributed by atoms with van der Waals surface area (Å²) in [5.41, 5.74) is 9.16. The highest BCUT2D eigenvalue weighted by atomic mass is 19.1. The highest BCUT2D eigenvalue weighted by molar-refractivity contribution is 6.01. The number of halogens is 1. The molecule has 0 unspecified atom stereocenters. The van der Waals surface area contributed by atoms with Gasteiger partial charge in [0.2, 0.25) is 0 Å². The van der Waals surface area contributed by atoms with Gasteiger partial charge in [0, 0.05) is 35.1 Å². The Labute approximate surface area is 256 Å². The van der Waals surface area contributed by atoms with E-state index in [4.69, 9.17) is 4.74 Å². The van der Waals surface area contributed by atoms with Gasteiger partial charge >= 0.3 is 0 Å². The standard InChI is InChI=1S/C36H35FN4O3/c1-24-10-9-11-25(2)35(24)44-23-34(42)39-32(20-27-12-5-4-6-13-27)36(43)40-38-21-31-26(3)41(33-15-8-7-14-30(31)33)22-28-16-18-29(37)19-17-28/h4-19,21,32H,20,22-23H2,1-3H3,(H,39,42)(H,40,43)/b38-21-/t32-/m1/s1. The molecule has 0 spiro atoms. The lowest BCUT2D eigenvalue weighted by molar-refractivity contribution is -0.130. The molecule has 0 bridgehead atoms. The highest BCUT2D eigenvalue weighted by Gasteiger charge is 2.22. The van der Waals surface area contributed by atoms with Gasteiger partial charge in [0.25, 0.3) is 11.8 Å². The van der Waals surface area contributed by atoms with Crippen LogP contribution in [0.1, 0.15) is 33.5 Å². The number of carbonyl (C=O) groups is 2. The molecule has 0 saturated heterocycles. The molecule has 5 rings (SSSR count). The van der Waals surface area contributed by atoms with Crippen molar-refractivity contribution in [3.63, 3.8) is 0 Å². The third-order valence-corrected chi connectivity index (χ3v) is 7.59. The zero-order valence-electron chi connectivity index (χ0n) is 25.0. The largest absolute Gasteiger partial charge is 0.483 e. The number of nitrogens with zero attached hydrogens (tertiary/aromatic N) is 2. The zero-order valence-corrected chi connectivity index (χ0v) is 25.0. The van der Waals surface area contributed by atoms with Crippen molar-refractivity contribution in [1.29, 1.82) is 0 Å². The van der Waals surface area contributed by atoms with Gasteiger partial charge in [0.1, 0.15) is 17.6 Å². The van der Waals surface area contributed by atoms with Gasteiger partial charge in [-0.05, 0) is 61.2 Å². The molecule has 1 aromatic heterocycles. The molecule has 0 aliphatic rings. The quantitative estimate of drug-likeness (QED) is 0.146. The van der Waals surface area contributed by atoms with Crippen LogP contribution in [-0.4, -0.2) is 35.2 Å². The van der Waals surface area contributed by atoms with E-state index in [0.29, 0.717) is 12.3 Å². The molecule has 5 aromatic rings. The van der Waals surface area contributed by atoms with Gasteiger partial charge in [-0.1, -0.05) is 78.9 Å². The number of nitrogens with one attached hydrogen (secondary N) is 2. The molecular weight excluding hydrogens is 555 g/mol. The van der Waals surface area contributed by atoms with Crippen molar-refractivity contribution < 1.29 is 18.7 Å². The maximum Gasteiger partial charge on any atom is 0.262 e. The summed E-state index contributed by atoms with van der Waals surface area (Å²) in [6.45, 7) is 6.17. The molecule has 2 N–H and O–H groups in total. The highest BCUT2D eigenvalue weighted by Crippen LogP contribution is 2.26. The number of rotatable bonds is 11. The van der Waals surface area contributed by atoms with Crippen LogP contribution in [0, 0.1) is 26.6 Å². The lowest BCUT2D eigenvalue weighted by atomic mass is 10.1. The average molecular weight is 591 g/mol. The van der Waals surface area contributed by atoms with Crippen molar-refractivity contribution in [3.05, 3.63) is 136 Å². The molecule has 1 heterocycles. The molecule has 1 atom stereocenters. The van der Waals surface area contributed by atoms with Crippen molar-refractivity contribution in [3.8, 4) is 5.75 Å². The lowest BCUT2D eigenvalue weighted by Gasteiger charge is -2.18. The minimum atomic E-state index is -0.871. The van der Waals surface area contributed by atoms with Crippen LogP contribution >= 0.6 is 0 Å². The van der Waals surface area contributed by atoms with Crippen LogP contribution in [0.2, 0.25) is 0 Å². The topological polar surface area (TPSA) is 84.7 Å². The number of fused-ring (bicyclic) bond motifs is 1. The molecule has 0 saturated carbocycles. The second-order valence-corrected chi connectivity index (χ2v) is 10.8. The first-order chi connectivity index (χ1) is 21.3. The fourth-order valence-electron chi connectivity index (χ4n) is 5.29. The molecule has 0 aliphatic carbocycles. The summed E-state index contributed by atoms with van der Waals surface area (Å²) in [6.07, 6.45) is 1.91. The van der Waals surface area contributed by atoms with Gasteiger partial charge in [-0.3, -0.25) is 9.59 Å². The zero-order chi connectivity index (χ0) is 31.1. The number of ether oxygens (including phenoxy) is 1. The van der Waals surface area contributed by atoms with Crippen molar-refractivity contribution in [2.24, 2.45) is 5.10 Å². The van der Waals surface area contributed by atoms with Crippen LogP contribution in [0.3, 0.4) is 0 Å². The predicted molar refractivity (Wildman–Crippen MR) is 171 cm³/mol. The monoisotopic (exact) mass is 590 g/mol. The number of benzene rings is 4. The van der Waals surface area contributed by atoms with Crippen molar-refractivity contribution >= 4 is 28.9 Å². The van der Waals surface area contributed by atoms with Crippen LogP contribution in [0.25, 0.3) is 10.9 Å². The summed E-state index contributed by atoms with van der Waals surface area (Å²) in [5.74, 6) is -0.474. The number of aryl methyl sites for hydroxylation is 2. The van der Waals surface area contributed by atoms with Crippen LogP contribution in [0.15, 0.2) is 102 Å². The summed E-state index contributed by atoms with van der Waals surface area (Å²) in [4.78, 5) is 26.3. The van der Waals surface area contributed by atoms with E-state index in [1.165, 1.54) is 12.1 Å². The minimum Gasteiger partial charge on any atom is -0.483 e. The van der Waals surface area contributed by atoms with Gasteiger partial charge < -0.3 is 14.6 Å². The normalized spacial score (nSPS) is 11.9. The number of hydrogen-bond acceptors (Lipinski definition) is 4. The summed E-state index contributed by atoms with van der Waals surface area (Å²) >= 11 is 0. The predicted octanol–water partition coefficient (Wildman–Crippen LogP) is 6.01. The summed E-state index contributed by atoms with van der Waals surface area (Å²) in [6, 6.07) is 28.8. The van der Waals surface area contributed by atoms with E-state index >= 15 is 0 Å². The first-order valence-electron chi connectivity index (χ1n) is 14.5. The van der Waals surface area contributed by atoms with E-state index in [1.807, 2.05) is 93.6 Å². The van der Waals surface area contributed by atoms with Gasteiger partial charge in [0.05, 0.1) is 6.21 Å². The molecule has 2 amide bonds. The fraction of sp³-hybridized carbons (Fsp3) is 0.194. The van der Waals surface area contributed by atoms with Crippen molar-refractivity contribution in [2.75, 3.05) is 6.61 Å². The Morgan fingerprint density at radius 3 is 2.27 bits per heavy atom. The molecule has 0 fully saturated rings. The van der Waals surface area contributed by atoms with Crippen molar-refractivity contribution in [2.45, 2.75) is 39.8 Å². The smallest absolute Gasteiger partial charge is 0.262 e. The fourth-order valence-corrected chi connectivity index (χ4v) is 5.29. The van der Waals surface area contributed by atoms with Crippen molar-refractivity contribution in [1.82, 2.24) is 15.3 Å². The van der Waals surface area contributed by atoms with Crippen LogP contribution in [-0.2, 0) is 22.6 Å². The number of para-hydroxylation sites is 2. The van der Waals surface area contributed by atoms with Gasteiger partial charge in [-0.15, -0.1) is 0 Å². The van der Waals surface area contributed by atoms with E-state index in [1.54, 1.807) is 18.3 Å². The molecule has 4 aromatic carbocycles. The summed E-state index contributed by atoms with van der Waals surface area (Å²) in [7, 11) is 0. The molecular formula is C36H35FN4O3. The van der Waals surface area contributed by atoms with E-state index in [2.05, 4.69) is 20.4 Å². The molecule has 0 aliphatic heterocycles. The Bertz CT molecular complexity index is 1780. The molecule has 224 valence electrons. The van der Waals surface area contributed by atoms with Crippen LogP contribution in [0.5, 0.6) is 5.75 Å². The number of carbonyl (C=O) groups excluding carboxylic acids is 2. The number of hydrazone groups is 1. The van der Waals surface area contributed by atoms with Crippen LogP contribution in [0.4, 0.5) is 4.39 Å². The Morgan fingerprint density at radius 1 is 0.864 bits per heavy atom. The second-order valence-electron chi connectivity index (χ2n) is 10.8. The van der Waals surface area contributed by atoms with E-state index in [0.717, 1.165) is 44.4 Å². The van der Waals surface area contributed by atoms with E-state index in [-0.39, 0.29) is 18.8 Å². The third kappa shape index (κ3) is 7.21. The maximum absolute atomic E-state index is 13.5. The molecule has 7 nitrogen and oxygen atoms in total. The number of amides is 2. The SMILES string of the molecule is Cc1cccc(C)c1OCC(=O)N[C@H](Cc1ccccc1)C(=O)N/N=C\c1c(C)n(Cc2ccc(F)cc2)c2ccccc12. The molecule has 44 heavy (non-hydrogen) atoms. The third-order valence-electron chi connectivity index (χ3n) is 7.59. The van der Waals surface area contributed by atoms with Gasteiger partial charge in [-0.25, -0.2) is 9.82 Å². The van der Waals surface area contributed by atoms with Crippen LogP contribution < -0.4 is 15.5 Å².